The molecule has 0 aliphatic heterocycles. The van der Waals surface area contributed by atoms with Crippen molar-refractivity contribution < 1.29 is 19.1 Å². The Balaban J connectivity index is 3.22. The third-order valence-corrected chi connectivity index (χ3v) is 2.22. The quantitative estimate of drug-likeness (QED) is 0.345. The normalized spacial score (nSPS) is 10.9. The summed E-state index contributed by atoms with van der Waals surface area (Å²) >= 11 is 0. The third-order valence-electron chi connectivity index (χ3n) is 2.22. The van der Waals surface area contributed by atoms with Crippen LogP contribution in [0.2, 0.25) is 0 Å². The van der Waals surface area contributed by atoms with Crippen molar-refractivity contribution in [1.82, 2.24) is 0 Å². The number of carbonyl (C=O) groups excluding carboxylic acids is 2. The van der Waals surface area contributed by atoms with Gasteiger partial charge >= 0.3 is 5.97 Å². The lowest BCUT2D eigenvalue weighted by atomic mass is 10.1. The van der Waals surface area contributed by atoms with Gasteiger partial charge in [-0.2, -0.15) is 0 Å². The smallest absolute Gasteiger partial charge is 0.341 e. The first kappa shape index (κ1) is 13.0. The van der Waals surface area contributed by atoms with Crippen LogP contribution in [0.5, 0.6) is 5.75 Å². The lowest BCUT2D eigenvalue weighted by Gasteiger charge is -2.06. The van der Waals surface area contributed by atoms with Crippen molar-refractivity contribution in [2.75, 3.05) is 14.2 Å². The molecule has 0 fully saturated rings. The molecule has 0 saturated carbocycles. The van der Waals surface area contributed by atoms with E-state index in [1.54, 1.807) is 18.2 Å². The second kappa shape index (κ2) is 5.84. The molecule has 1 aromatic carbocycles. The van der Waals surface area contributed by atoms with Crippen LogP contribution in [0.1, 0.15) is 12.5 Å². The highest BCUT2D eigenvalue weighted by Gasteiger charge is 2.15. The van der Waals surface area contributed by atoms with Crippen molar-refractivity contribution >= 4 is 17.8 Å². The molecule has 0 aromatic heterocycles. The highest BCUT2D eigenvalue weighted by atomic mass is 16.5. The van der Waals surface area contributed by atoms with Crippen LogP contribution in [0.15, 0.2) is 29.8 Å². The van der Waals surface area contributed by atoms with Crippen molar-refractivity contribution in [3.05, 3.63) is 35.4 Å². The zero-order chi connectivity index (χ0) is 12.8. The molecule has 4 heteroatoms. The highest BCUT2D eigenvalue weighted by Crippen LogP contribution is 2.20. The van der Waals surface area contributed by atoms with Gasteiger partial charge in [0.05, 0.1) is 14.2 Å². The number of Topliss-reactive ketones (excluding diaryl/α,β-unsaturated/α-hetero) is 1. The molecule has 0 spiro atoms. The van der Waals surface area contributed by atoms with Crippen LogP contribution in [-0.4, -0.2) is 26.0 Å². The topological polar surface area (TPSA) is 52.6 Å². The van der Waals surface area contributed by atoms with Crippen LogP contribution in [-0.2, 0) is 14.3 Å². The van der Waals surface area contributed by atoms with E-state index >= 15 is 0 Å². The van der Waals surface area contributed by atoms with E-state index in [0.717, 1.165) is 0 Å². The van der Waals surface area contributed by atoms with E-state index < -0.39 is 5.97 Å². The molecule has 0 unspecified atom stereocenters. The van der Waals surface area contributed by atoms with Gasteiger partial charge in [0.25, 0.3) is 0 Å². The predicted molar refractivity (Wildman–Crippen MR) is 63.7 cm³/mol. The van der Waals surface area contributed by atoms with E-state index in [1.807, 2.05) is 6.07 Å². The maximum Gasteiger partial charge on any atom is 0.341 e. The first-order valence-electron chi connectivity index (χ1n) is 5.04. The zero-order valence-electron chi connectivity index (χ0n) is 10.0. The summed E-state index contributed by atoms with van der Waals surface area (Å²) < 4.78 is 9.68. The standard InChI is InChI=1S/C13H14O4/c1-9(14)11(13(15)17-3)8-10-6-4-5-7-12(10)16-2/h4-8H,1-3H3. The summed E-state index contributed by atoms with van der Waals surface area (Å²) in [5, 5.41) is 0. The molecule has 0 aliphatic rings. The lowest BCUT2D eigenvalue weighted by molar-refractivity contribution is -0.137. The van der Waals surface area contributed by atoms with Gasteiger partial charge in [-0.15, -0.1) is 0 Å². The first-order valence-corrected chi connectivity index (χ1v) is 5.04. The van der Waals surface area contributed by atoms with Crippen molar-refractivity contribution in [1.29, 1.82) is 0 Å². The minimum Gasteiger partial charge on any atom is -0.496 e. The summed E-state index contributed by atoms with van der Waals surface area (Å²) in [6.45, 7) is 1.32. The van der Waals surface area contributed by atoms with Gasteiger partial charge < -0.3 is 9.47 Å². The molecule has 1 rings (SSSR count). The van der Waals surface area contributed by atoms with Gasteiger partial charge in [0.1, 0.15) is 11.3 Å². The number of benzene rings is 1. The maximum absolute atomic E-state index is 11.4. The predicted octanol–water partition coefficient (Wildman–Crippen LogP) is 1.84. The first-order chi connectivity index (χ1) is 8.10. The molecule has 17 heavy (non-hydrogen) atoms. The van der Waals surface area contributed by atoms with Gasteiger partial charge in [-0.3, -0.25) is 4.79 Å². The number of ketones is 1. The second-order valence-electron chi connectivity index (χ2n) is 3.35. The van der Waals surface area contributed by atoms with E-state index in [-0.39, 0.29) is 11.4 Å². The fourth-order valence-corrected chi connectivity index (χ4v) is 1.36. The molecule has 0 heterocycles. The van der Waals surface area contributed by atoms with Crippen LogP contribution >= 0.6 is 0 Å². The molecule has 0 amide bonds. The van der Waals surface area contributed by atoms with Gasteiger partial charge in [0, 0.05) is 5.56 Å². The molecule has 0 saturated heterocycles. The van der Waals surface area contributed by atoms with Crippen molar-refractivity contribution in [3.63, 3.8) is 0 Å². The number of rotatable bonds is 4. The van der Waals surface area contributed by atoms with Gasteiger partial charge in [-0.25, -0.2) is 4.79 Å². The molecule has 0 atom stereocenters. The molecule has 90 valence electrons. The van der Waals surface area contributed by atoms with Gasteiger partial charge in [0.15, 0.2) is 5.78 Å². The SMILES string of the molecule is COC(=O)C(=Cc1ccccc1OC)C(C)=O. The Morgan fingerprint density at radius 3 is 2.35 bits per heavy atom. The molecular weight excluding hydrogens is 220 g/mol. The highest BCUT2D eigenvalue weighted by molar-refractivity contribution is 6.19. The monoisotopic (exact) mass is 234 g/mol. The molecular formula is C13H14O4. The van der Waals surface area contributed by atoms with Crippen molar-refractivity contribution in [2.45, 2.75) is 6.92 Å². The summed E-state index contributed by atoms with van der Waals surface area (Å²) in [6.07, 6.45) is 1.47. The van der Waals surface area contributed by atoms with E-state index in [2.05, 4.69) is 4.74 Å². The Hall–Kier alpha value is -2.10. The molecule has 0 radical (unpaired) electrons. The largest absolute Gasteiger partial charge is 0.496 e. The van der Waals surface area contributed by atoms with E-state index in [4.69, 9.17) is 4.74 Å². The van der Waals surface area contributed by atoms with Crippen LogP contribution < -0.4 is 4.74 Å². The summed E-state index contributed by atoms with van der Waals surface area (Å²) in [6, 6.07) is 7.11. The van der Waals surface area contributed by atoms with Crippen LogP contribution in [0.3, 0.4) is 0 Å². The number of methoxy groups -OCH3 is 2. The maximum atomic E-state index is 11.4. The van der Waals surface area contributed by atoms with Crippen LogP contribution in [0.25, 0.3) is 6.08 Å². The van der Waals surface area contributed by atoms with Gasteiger partial charge in [-0.1, -0.05) is 18.2 Å². The molecule has 0 bridgehead atoms. The molecule has 4 nitrogen and oxygen atoms in total. The van der Waals surface area contributed by atoms with Crippen molar-refractivity contribution in [2.24, 2.45) is 0 Å². The lowest BCUT2D eigenvalue weighted by Crippen LogP contribution is -2.11. The number of hydrogen-bond donors (Lipinski definition) is 0. The Morgan fingerprint density at radius 2 is 1.82 bits per heavy atom. The number of hydrogen-bond acceptors (Lipinski definition) is 4. The van der Waals surface area contributed by atoms with Crippen LogP contribution in [0.4, 0.5) is 0 Å². The Kier molecular flexibility index (Phi) is 4.46. The molecule has 0 aliphatic carbocycles. The number of para-hydroxylation sites is 1. The average Bonchev–Trinajstić information content (AvgIpc) is 2.35. The summed E-state index contributed by atoms with van der Waals surface area (Å²) in [5.41, 5.74) is 0.655. The van der Waals surface area contributed by atoms with E-state index in [1.165, 1.54) is 27.2 Å². The number of esters is 1. The minimum absolute atomic E-state index is 0.00278. The minimum atomic E-state index is -0.650. The summed E-state index contributed by atoms with van der Waals surface area (Å²) in [7, 11) is 2.76. The van der Waals surface area contributed by atoms with Gasteiger partial charge in [-0.05, 0) is 19.1 Å². The molecule has 0 N–H and O–H groups in total. The van der Waals surface area contributed by atoms with Gasteiger partial charge in [0.2, 0.25) is 0 Å². The van der Waals surface area contributed by atoms with Crippen molar-refractivity contribution in [3.8, 4) is 5.75 Å². The molecule has 1 aromatic rings. The van der Waals surface area contributed by atoms with E-state index in [9.17, 15) is 9.59 Å². The number of carbonyl (C=O) groups is 2. The Labute approximate surface area is 99.8 Å². The zero-order valence-corrected chi connectivity index (χ0v) is 10.0. The van der Waals surface area contributed by atoms with Crippen LogP contribution in [0, 0.1) is 0 Å². The fraction of sp³-hybridized carbons (Fsp3) is 0.231. The Bertz CT molecular complexity index is 460. The fourth-order valence-electron chi connectivity index (χ4n) is 1.36. The van der Waals surface area contributed by atoms with E-state index in [0.29, 0.717) is 11.3 Å². The third kappa shape index (κ3) is 3.17. The summed E-state index contributed by atoms with van der Waals surface area (Å²) in [5.74, 6) is -0.402. The summed E-state index contributed by atoms with van der Waals surface area (Å²) in [4.78, 5) is 22.7. The average molecular weight is 234 g/mol. The Morgan fingerprint density at radius 1 is 1.18 bits per heavy atom. The number of ether oxygens (including phenoxy) is 2. The second-order valence-corrected chi connectivity index (χ2v) is 3.35.